The Hall–Kier alpha value is -0.810. The van der Waals surface area contributed by atoms with Crippen molar-refractivity contribution in [3.8, 4) is 5.75 Å². The van der Waals surface area contributed by atoms with Crippen LogP contribution >= 0.6 is 11.6 Å². The summed E-state index contributed by atoms with van der Waals surface area (Å²) >= 11 is 6.04. The molecule has 0 unspecified atom stereocenters. The smallest absolute Gasteiger partial charge is 0.137 e. The first-order chi connectivity index (χ1) is 8.77. The van der Waals surface area contributed by atoms with Gasteiger partial charge in [0, 0.05) is 13.1 Å². The second-order valence-corrected chi connectivity index (χ2v) is 4.38. The van der Waals surface area contributed by atoms with E-state index >= 15 is 0 Å². The number of hydrogen-bond donors (Lipinski definition) is 3. The van der Waals surface area contributed by atoms with Gasteiger partial charge in [-0.3, -0.25) is 0 Å². The Morgan fingerprint density at radius 1 is 1.22 bits per heavy atom. The van der Waals surface area contributed by atoms with Crippen LogP contribution in [0.4, 0.5) is 0 Å². The van der Waals surface area contributed by atoms with Crippen molar-refractivity contribution in [2.75, 3.05) is 33.4 Å². The monoisotopic (exact) mass is 272 g/mol. The Morgan fingerprint density at radius 3 is 2.67 bits per heavy atom. The highest BCUT2D eigenvalue weighted by Crippen LogP contribution is 2.24. The summed E-state index contributed by atoms with van der Waals surface area (Å²) < 4.78 is 5.10. The second-order valence-electron chi connectivity index (χ2n) is 3.97. The highest BCUT2D eigenvalue weighted by Gasteiger charge is 2.01. The summed E-state index contributed by atoms with van der Waals surface area (Å²) in [5.74, 6) is 0.702. The maximum Gasteiger partial charge on any atom is 0.137 e. The van der Waals surface area contributed by atoms with Crippen LogP contribution in [-0.2, 0) is 6.54 Å². The SMILES string of the molecule is COc1ccc(CNCCCNCCO)cc1Cl. The van der Waals surface area contributed by atoms with Gasteiger partial charge in [0.2, 0.25) is 0 Å². The molecule has 102 valence electrons. The number of nitrogens with one attached hydrogen (secondary N) is 2. The first kappa shape index (κ1) is 15.2. The third kappa shape index (κ3) is 5.69. The third-order valence-electron chi connectivity index (χ3n) is 2.54. The van der Waals surface area contributed by atoms with Crippen LogP contribution in [0, 0.1) is 0 Å². The van der Waals surface area contributed by atoms with Crippen molar-refractivity contribution >= 4 is 11.6 Å². The number of methoxy groups -OCH3 is 1. The quantitative estimate of drug-likeness (QED) is 0.595. The number of hydrogen-bond acceptors (Lipinski definition) is 4. The summed E-state index contributed by atoms with van der Waals surface area (Å²) in [5.41, 5.74) is 1.14. The fourth-order valence-electron chi connectivity index (χ4n) is 1.60. The molecule has 3 N–H and O–H groups in total. The predicted molar refractivity (Wildman–Crippen MR) is 74.3 cm³/mol. The number of benzene rings is 1. The number of halogens is 1. The van der Waals surface area contributed by atoms with Crippen molar-refractivity contribution in [3.05, 3.63) is 28.8 Å². The Labute approximate surface area is 113 Å². The Balaban J connectivity index is 2.17. The molecular weight excluding hydrogens is 252 g/mol. The molecule has 0 radical (unpaired) electrons. The van der Waals surface area contributed by atoms with Crippen molar-refractivity contribution in [1.82, 2.24) is 10.6 Å². The molecule has 5 heteroatoms. The zero-order valence-corrected chi connectivity index (χ0v) is 11.5. The van der Waals surface area contributed by atoms with Gasteiger partial charge in [-0.15, -0.1) is 0 Å². The lowest BCUT2D eigenvalue weighted by Crippen LogP contribution is -2.23. The summed E-state index contributed by atoms with van der Waals surface area (Å²) in [6.45, 7) is 3.49. The van der Waals surface area contributed by atoms with Crippen molar-refractivity contribution in [3.63, 3.8) is 0 Å². The lowest BCUT2D eigenvalue weighted by atomic mass is 10.2. The molecule has 0 fully saturated rings. The van der Waals surface area contributed by atoms with Gasteiger partial charge in [0.25, 0.3) is 0 Å². The first-order valence-electron chi connectivity index (χ1n) is 6.12. The van der Waals surface area contributed by atoms with E-state index in [4.69, 9.17) is 21.4 Å². The number of ether oxygens (including phenoxy) is 1. The minimum Gasteiger partial charge on any atom is -0.495 e. The van der Waals surface area contributed by atoms with Crippen LogP contribution in [0.25, 0.3) is 0 Å². The fourth-order valence-corrected chi connectivity index (χ4v) is 1.88. The van der Waals surface area contributed by atoms with Gasteiger partial charge in [0.1, 0.15) is 5.75 Å². The van der Waals surface area contributed by atoms with E-state index in [0.29, 0.717) is 17.3 Å². The van der Waals surface area contributed by atoms with Crippen LogP contribution in [-0.4, -0.2) is 38.5 Å². The Morgan fingerprint density at radius 2 is 2.00 bits per heavy atom. The molecule has 0 aromatic heterocycles. The molecule has 4 nitrogen and oxygen atoms in total. The summed E-state index contributed by atoms with van der Waals surface area (Å²) in [6, 6.07) is 5.79. The lowest BCUT2D eigenvalue weighted by Gasteiger charge is -2.08. The summed E-state index contributed by atoms with van der Waals surface area (Å²) in [7, 11) is 1.61. The molecule has 1 aromatic carbocycles. The van der Waals surface area contributed by atoms with Gasteiger partial charge in [-0.2, -0.15) is 0 Å². The van der Waals surface area contributed by atoms with Crippen LogP contribution in [0.2, 0.25) is 5.02 Å². The second kappa shape index (κ2) is 9.16. The van der Waals surface area contributed by atoms with Gasteiger partial charge in [-0.1, -0.05) is 17.7 Å². The van der Waals surface area contributed by atoms with E-state index in [1.54, 1.807) is 7.11 Å². The van der Waals surface area contributed by atoms with E-state index in [9.17, 15) is 0 Å². The number of rotatable bonds is 9. The van der Waals surface area contributed by atoms with Crippen LogP contribution in [0.1, 0.15) is 12.0 Å². The molecule has 0 heterocycles. The Kier molecular flexibility index (Phi) is 7.76. The highest BCUT2D eigenvalue weighted by molar-refractivity contribution is 6.32. The standard InChI is InChI=1S/C13H21ClN2O2/c1-18-13-4-3-11(9-12(13)14)10-16-6-2-5-15-7-8-17/h3-4,9,15-17H,2,5-8,10H2,1H3. The van der Waals surface area contributed by atoms with E-state index in [1.165, 1.54) is 0 Å². The number of aliphatic hydroxyl groups is 1. The zero-order valence-electron chi connectivity index (χ0n) is 10.7. The van der Waals surface area contributed by atoms with E-state index in [1.807, 2.05) is 18.2 Å². The van der Waals surface area contributed by atoms with Crippen molar-refractivity contribution in [2.45, 2.75) is 13.0 Å². The normalized spacial score (nSPS) is 10.6. The molecule has 0 bridgehead atoms. The maximum atomic E-state index is 8.59. The zero-order chi connectivity index (χ0) is 13.2. The molecule has 1 rings (SSSR count). The molecule has 0 aliphatic rings. The van der Waals surface area contributed by atoms with Gasteiger partial charge in [-0.25, -0.2) is 0 Å². The first-order valence-corrected chi connectivity index (χ1v) is 6.50. The molecule has 0 aliphatic carbocycles. The topological polar surface area (TPSA) is 53.5 Å². The van der Waals surface area contributed by atoms with Crippen molar-refractivity contribution in [1.29, 1.82) is 0 Å². The Bertz CT molecular complexity index is 348. The minimum absolute atomic E-state index is 0.192. The van der Waals surface area contributed by atoms with Gasteiger partial charge in [0.15, 0.2) is 0 Å². The van der Waals surface area contributed by atoms with E-state index in [-0.39, 0.29) is 6.61 Å². The highest BCUT2D eigenvalue weighted by atomic mass is 35.5. The average Bonchev–Trinajstić information content (AvgIpc) is 2.38. The minimum atomic E-state index is 0.192. The molecule has 18 heavy (non-hydrogen) atoms. The molecule has 0 aliphatic heterocycles. The molecule has 1 aromatic rings. The average molecular weight is 273 g/mol. The fraction of sp³-hybridized carbons (Fsp3) is 0.538. The van der Waals surface area contributed by atoms with Gasteiger partial charge in [-0.05, 0) is 37.2 Å². The van der Waals surface area contributed by atoms with Gasteiger partial charge >= 0.3 is 0 Å². The van der Waals surface area contributed by atoms with Crippen LogP contribution in [0.3, 0.4) is 0 Å². The third-order valence-corrected chi connectivity index (χ3v) is 2.84. The lowest BCUT2D eigenvalue weighted by molar-refractivity contribution is 0.292. The number of aliphatic hydroxyl groups excluding tert-OH is 1. The van der Waals surface area contributed by atoms with E-state index in [2.05, 4.69) is 10.6 Å². The van der Waals surface area contributed by atoms with Crippen molar-refractivity contribution in [2.24, 2.45) is 0 Å². The predicted octanol–water partition coefficient (Wildman–Crippen LogP) is 1.41. The largest absolute Gasteiger partial charge is 0.495 e. The van der Waals surface area contributed by atoms with E-state index < -0.39 is 0 Å². The van der Waals surface area contributed by atoms with Crippen LogP contribution < -0.4 is 15.4 Å². The maximum absolute atomic E-state index is 8.59. The molecule has 0 amide bonds. The van der Waals surface area contributed by atoms with Crippen molar-refractivity contribution < 1.29 is 9.84 Å². The summed E-state index contributed by atoms with van der Waals surface area (Å²) in [5, 5.41) is 15.7. The van der Waals surface area contributed by atoms with Gasteiger partial charge < -0.3 is 20.5 Å². The molecule has 0 saturated carbocycles. The molecule has 0 saturated heterocycles. The van der Waals surface area contributed by atoms with E-state index in [0.717, 1.165) is 31.6 Å². The molecular formula is C13H21ClN2O2. The van der Waals surface area contributed by atoms with Crippen LogP contribution in [0.15, 0.2) is 18.2 Å². The molecule has 0 atom stereocenters. The molecule has 0 spiro atoms. The van der Waals surface area contributed by atoms with Crippen LogP contribution in [0.5, 0.6) is 5.75 Å². The summed E-state index contributed by atoms with van der Waals surface area (Å²) in [4.78, 5) is 0. The van der Waals surface area contributed by atoms with Gasteiger partial charge in [0.05, 0.1) is 18.7 Å². The summed E-state index contributed by atoms with van der Waals surface area (Å²) in [6.07, 6.45) is 1.03.